The van der Waals surface area contributed by atoms with Gasteiger partial charge in [-0.3, -0.25) is 4.68 Å². The zero-order valence-electron chi connectivity index (χ0n) is 12.1. The van der Waals surface area contributed by atoms with Gasteiger partial charge < -0.3 is 4.90 Å². The van der Waals surface area contributed by atoms with Gasteiger partial charge in [0, 0.05) is 19.2 Å². The van der Waals surface area contributed by atoms with Gasteiger partial charge in [-0.15, -0.1) is 0 Å². The van der Waals surface area contributed by atoms with E-state index in [0.29, 0.717) is 0 Å². The number of nitrogens with zero attached hydrogens (tertiary/aromatic N) is 3. The first kappa shape index (κ1) is 13.6. The van der Waals surface area contributed by atoms with E-state index in [1.807, 2.05) is 13.1 Å². The van der Waals surface area contributed by atoms with Crippen LogP contribution in [0.4, 0.5) is 11.5 Å². The summed E-state index contributed by atoms with van der Waals surface area (Å²) in [6, 6.07) is 4.16. The Morgan fingerprint density at radius 3 is 2.75 bits per heavy atom. The molecule has 1 aromatic heterocycles. The number of benzene rings is 1. The molecular formula is C15H17BClN3. The number of hydrogen-bond donors (Lipinski definition) is 0. The van der Waals surface area contributed by atoms with Crippen LogP contribution in [0.15, 0.2) is 12.1 Å². The van der Waals surface area contributed by atoms with Crippen molar-refractivity contribution in [2.24, 2.45) is 7.05 Å². The zero-order chi connectivity index (χ0) is 14.4. The zero-order valence-corrected chi connectivity index (χ0v) is 12.8. The summed E-state index contributed by atoms with van der Waals surface area (Å²) in [5.41, 5.74) is 5.29. The summed E-state index contributed by atoms with van der Waals surface area (Å²) in [7, 11) is 7.99. The molecular weight excluding hydrogens is 268 g/mol. The smallest absolute Gasteiger partial charge is 0.157 e. The number of fused-ring (bicyclic) bond motifs is 1. The van der Waals surface area contributed by atoms with Crippen LogP contribution in [-0.4, -0.2) is 24.2 Å². The number of aromatic nitrogens is 2. The monoisotopic (exact) mass is 285 g/mol. The fourth-order valence-electron chi connectivity index (χ4n) is 3.01. The Hall–Kier alpha value is -1.42. The van der Waals surface area contributed by atoms with Gasteiger partial charge in [0.2, 0.25) is 0 Å². The average Bonchev–Trinajstić information content (AvgIpc) is 2.66. The third kappa shape index (κ3) is 2.03. The number of hydrogen-bond acceptors (Lipinski definition) is 2. The van der Waals surface area contributed by atoms with Gasteiger partial charge in [-0.1, -0.05) is 17.7 Å². The molecule has 0 amide bonds. The maximum Gasteiger partial charge on any atom is 0.157 e. The van der Waals surface area contributed by atoms with Gasteiger partial charge in [-0.25, -0.2) is 0 Å². The van der Waals surface area contributed by atoms with Crippen molar-refractivity contribution < 1.29 is 0 Å². The lowest BCUT2D eigenvalue weighted by molar-refractivity contribution is 0.744. The Labute approximate surface area is 125 Å². The predicted octanol–water partition coefficient (Wildman–Crippen LogP) is 2.57. The summed E-state index contributed by atoms with van der Waals surface area (Å²) in [6.07, 6.45) is 2.04. The second kappa shape index (κ2) is 4.85. The molecule has 0 N–H and O–H groups in total. The SMILES string of the molecule is [B]c1c2c(nn1C)N(c1c(C)cc(C)cc1Cl)CCC2. The van der Waals surface area contributed by atoms with Crippen LogP contribution in [0.3, 0.4) is 0 Å². The molecule has 102 valence electrons. The van der Waals surface area contributed by atoms with Crippen LogP contribution in [0.25, 0.3) is 0 Å². The van der Waals surface area contributed by atoms with Crippen LogP contribution in [0.1, 0.15) is 23.1 Å². The van der Waals surface area contributed by atoms with Crippen LogP contribution in [0.5, 0.6) is 0 Å². The van der Waals surface area contributed by atoms with Gasteiger partial charge in [0.1, 0.15) is 7.85 Å². The largest absolute Gasteiger partial charge is 0.323 e. The number of rotatable bonds is 1. The Morgan fingerprint density at radius 1 is 1.30 bits per heavy atom. The van der Waals surface area contributed by atoms with Crippen LogP contribution >= 0.6 is 11.6 Å². The highest BCUT2D eigenvalue weighted by Gasteiger charge is 2.26. The minimum absolute atomic E-state index is 0.755. The molecule has 20 heavy (non-hydrogen) atoms. The number of halogens is 1. The molecule has 0 saturated carbocycles. The standard InChI is InChI=1S/C15H17BClN3/c1-9-7-10(2)13(12(17)8-9)20-6-4-5-11-14(16)19(3)18-15(11)20/h7-8H,4-6H2,1-3H3. The summed E-state index contributed by atoms with van der Waals surface area (Å²) in [5.74, 6) is 0.949. The summed E-state index contributed by atoms with van der Waals surface area (Å²) in [5, 5.41) is 5.35. The molecule has 5 heteroatoms. The molecule has 3 nitrogen and oxygen atoms in total. The fraction of sp³-hybridized carbons (Fsp3) is 0.400. The van der Waals surface area contributed by atoms with E-state index < -0.39 is 0 Å². The average molecular weight is 286 g/mol. The Balaban J connectivity index is 2.16. The highest BCUT2D eigenvalue weighted by atomic mass is 35.5. The van der Waals surface area contributed by atoms with Crippen LogP contribution in [0.2, 0.25) is 5.02 Å². The first-order valence-corrected chi connectivity index (χ1v) is 7.22. The Bertz CT molecular complexity index is 655. The molecule has 0 fully saturated rings. The van der Waals surface area contributed by atoms with Crippen LogP contribution < -0.4 is 10.5 Å². The highest BCUT2D eigenvalue weighted by Crippen LogP contribution is 2.38. The third-order valence-electron chi connectivity index (χ3n) is 3.90. The summed E-state index contributed by atoms with van der Waals surface area (Å²) >= 11 is 6.47. The van der Waals surface area contributed by atoms with Crippen LogP contribution in [0, 0.1) is 13.8 Å². The third-order valence-corrected chi connectivity index (χ3v) is 4.19. The summed E-state index contributed by atoms with van der Waals surface area (Å²) < 4.78 is 1.75. The van der Waals surface area contributed by atoms with E-state index in [1.165, 1.54) is 11.1 Å². The molecule has 0 aliphatic carbocycles. The van der Waals surface area contributed by atoms with Crippen molar-refractivity contribution >= 4 is 36.5 Å². The molecule has 0 saturated heterocycles. The summed E-state index contributed by atoms with van der Waals surface area (Å²) in [6.45, 7) is 5.07. The molecule has 0 bridgehead atoms. The molecule has 2 heterocycles. The van der Waals surface area contributed by atoms with E-state index in [9.17, 15) is 0 Å². The first-order valence-electron chi connectivity index (χ1n) is 6.84. The quantitative estimate of drug-likeness (QED) is 0.751. The molecule has 1 aromatic carbocycles. The van der Waals surface area contributed by atoms with E-state index in [1.54, 1.807) is 4.68 Å². The molecule has 0 atom stereocenters. The summed E-state index contributed by atoms with van der Waals surface area (Å²) in [4.78, 5) is 2.20. The normalized spacial score (nSPS) is 14.5. The molecule has 1 aliphatic heterocycles. The van der Waals surface area contributed by atoms with Crippen molar-refractivity contribution in [3.63, 3.8) is 0 Å². The number of anilines is 2. The Morgan fingerprint density at radius 2 is 2.05 bits per heavy atom. The minimum Gasteiger partial charge on any atom is -0.323 e. The lowest BCUT2D eigenvalue weighted by atomic mass is 9.93. The van der Waals surface area contributed by atoms with Gasteiger partial charge in [0.05, 0.1) is 10.7 Å². The lowest BCUT2D eigenvalue weighted by Crippen LogP contribution is -2.27. The van der Waals surface area contributed by atoms with Gasteiger partial charge >= 0.3 is 0 Å². The molecule has 0 spiro atoms. The van der Waals surface area contributed by atoms with Crippen molar-refractivity contribution in [3.05, 3.63) is 33.8 Å². The van der Waals surface area contributed by atoms with E-state index in [4.69, 9.17) is 19.4 Å². The van der Waals surface area contributed by atoms with Gasteiger partial charge in [-0.2, -0.15) is 5.10 Å². The highest BCUT2D eigenvalue weighted by molar-refractivity contribution is 6.34. The topological polar surface area (TPSA) is 21.1 Å². The van der Waals surface area contributed by atoms with Gasteiger partial charge in [0.15, 0.2) is 5.82 Å². The molecule has 3 rings (SSSR count). The number of aryl methyl sites for hydroxylation is 3. The van der Waals surface area contributed by atoms with Gasteiger partial charge in [0.25, 0.3) is 0 Å². The second-order valence-electron chi connectivity index (χ2n) is 5.48. The lowest BCUT2D eigenvalue weighted by Gasteiger charge is -2.30. The molecule has 2 aromatic rings. The predicted molar refractivity (Wildman–Crippen MR) is 84.8 cm³/mol. The van der Waals surface area contributed by atoms with Crippen molar-refractivity contribution in [3.8, 4) is 0 Å². The van der Waals surface area contributed by atoms with Crippen molar-refractivity contribution in [2.75, 3.05) is 11.4 Å². The van der Waals surface area contributed by atoms with E-state index >= 15 is 0 Å². The maximum absolute atomic E-state index is 6.47. The molecule has 2 radical (unpaired) electrons. The van der Waals surface area contributed by atoms with Crippen LogP contribution in [-0.2, 0) is 13.5 Å². The van der Waals surface area contributed by atoms with Gasteiger partial charge in [-0.05, 0) is 49.5 Å². The van der Waals surface area contributed by atoms with Crippen molar-refractivity contribution in [1.29, 1.82) is 0 Å². The minimum atomic E-state index is 0.755. The van der Waals surface area contributed by atoms with E-state index in [2.05, 4.69) is 29.9 Å². The fourth-order valence-corrected chi connectivity index (χ4v) is 3.43. The molecule has 1 aliphatic rings. The van der Waals surface area contributed by atoms with E-state index in [0.717, 1.165) is 47.1 Å². The van der Waals surface area contributed by atoms with Crippen molar-refractivity contribution in [1.82, 2.24) is 9.78 Å². The second-order valence-corrected chi connectivity index (χ2v) is 5.89. The van der Waals surface area contributed by atoms with Crippen molar-refractivity contribution in [2.45, 2.75) is 26.7 Å². The maximum atomic E-state index is 6.47. The molecule has 0 unspecified atom stereocenters. The first-order chi connectivity index (χ1) is 9.49. The Kier molecular flexibility index (Phi) is 3.29. The van der Waals surface area contributed by atoms with E-state index in [-0.39, 0.29) is 0 Å².